The number of carboxylic acid groups (broad SMARTS) is 1. The summed E-state index contributed by atoms with van der Waals surface area (Å²) in [6.07, 6.45) is 6.10. The van der Waals surface area contributed by atoms with E-state index in [0.29, 0.717) is 18.1 Å². The molecule has 2 N–H and O–H groups in total. The van der Waals surface area contributed by atoms with Crippen LogP contribution in [0, 0.1) is 5.41 Å². The Hall–Kier alpha value is -3.37. The maximum absolute atomic E-state index is 13.0. The van der Waals surface area contributed by atoms with Crippen LogP contribution in [0.2, 0.25) is 0 Å². The molecule has 3 aromatic rings. The van der Waals surface area contributed by atoms with Crippen molar-refractivity contribution in [3.05, 3.63) is 53.1 Å². The van der Waals surface area contributed by atoms with Gasteiger partial charge in [0.2, 0.25) is 0 Å². The summed E-state index contributed by atoms with van der Waals surface area (Å²) in [5.74, 6) is -0.676. The Morgan fingerprint density at radius 1 is 1.10 bits per heavy atom. The predicted octanol–water partition coefficient (Wildman–Crippen LogP) is 4.47. The Kier molecular flexibility index (Phi) is 6.03. The minimum Gasteiger partial charge on any atom is -0.497 e. The number of amides is 1. The zero-order valence-electron chi connectivity index (χ0n) is 22.4. The number of carboxylic acids is 1. The summed E-state index contributed by atoms with van der Waals surface area (Å²) in [7, 11) is 0.354. The highest BCUT2D eigenvalue weighted by atomic mass is 32.2. The molecule has 2 saturated carbocycles. The topological polar surface area (TPSA) is 118 Å². The van der Waals surface area contributed by atoms with Crippen LogP contribution in [0.4, 0.5) is 0 Å². The first-order valence-corrected chi connectivity index (χ1v) is 14.8. The van der Waals surface area contributed by atoms with Crippen LogP contribution in [0.15, 0.2) is 36.4 Å². The van der Waals surface area contributed by atoms with Crippen molar-refractivity contribution in [3.63, 3.8) is 0 Å². The van der Waals surface area contributed by atoms with Crippen LogP contribution in [0.3, 0.4) is 0 Å². The van der Waals surface area contributed by atoms with Gasteiger partial charge in [-0.2, -0.15) is 12.7 Å². The number of hydrogen-bond acceptors (Lipinski definition) is 5. The quantitative estimate of drug-likeness (QED) is 0.467. The molecule has 3 aliphatic rings. The van der Waals surface area contributed by atoms with Crippen LogP contribution in [0.25, 0.3) is 22.2 Å². The molecule has 0 saturated heterocycles. The number of fused-ring (bicyclic) bond motifs is 7. The third-order valence-electron chi connectivity index (χ3n) is 8.91. The van der Waals surface area contributed by atoms with Gasteiger partial charge in [-0.3, -0.25) is 9.59 Å². The molecular formula is C29H33N3O6S. The fourth-order valence-corrected chi connectivity index (χ4v) is 7.22. The molecule has 0 bridgehead atoms. The molecule has 1 aliphatic heterocycles. The number of methoxy groups -OCH3 is 1. The lowest BCUT2D eigenvalue weighted by atomic mass is 9.81. The summed E-state index contributed by atoms with van der Waals surface area (Å²) in [4.78, 5) is 25.7. The number of hydrogen-bond donors (Lipinski definition) is 2. The van der Waals surface area contributed by atoms with E-state index >= 15 is 0 Å². The van der Waals surface area contributed by atoms with Gasteiger partial charge in [-0.05, 0) is 66.6 Å². The maximum atomic E-state index is 13.0. The van der Waals surface area contributed by atoms with Crippen molar-refractivity contribution in [2.24, 2.45) is 5.41 Å². The zero-order chi connectivity index (χ0) is 27.7. The fraction of sp³-hybridized carbons (Fsp3) is 0.448. The van der Waals surface area contributed by atoms with Crippen molar-refractivity contribution in [2.75, 3.05) is 21.2 Å². The lowest BCUT2D eigenvalue weighted by Gasteiger charge is -2.24. The highest BCUT2D eigenvalue weighted by Crippen LogP contribution is 2.65. The Balaban J connectivity index is 1.60. The first-order valence-electron chi connectivity index (χ1n) is 13.4. The molecule has 9 nitrogen and oxygen atoms in total. The number of ether oxygens (including phenoxy) is 1. The number of benzene rings is 2. The van der Waals surface area contributed by atoms with Crippen LogP contribution in [0.5, 0.6) is 5.75 Å². The van der Waals surface area contributed by atoms with Gasteiger partial charge in [0, 0.05) is 48.6 Å². The summed E-state index contributed by atoms with van der Waals surface area (Å²) in [5, 5.41) is 11.4. The Morgan fingerprint density at radius 2 is 1.85 bits per heavy atom. The summed E-state index contributed by atoms with van der Waals surface area (Å²) >= 11 is 0. The third-order valence-corrected chi connectivity index (χ3v) is 10.3. The molecule has 0 unspecified atom stereocenters. The SMILES string of the molecule is COc1ccc2c(c1)[C@@H]1C[C@]1(C(=O)O)Cn1c-2c(C2CCCCC2)c2ccc(C(=O)NS(=O)(=O)N(C)C)cc21. The average Bonchev–Trinajstić information content (AvgIpc) is 3.59. The monoisotopic (exact) mass is 551 g/mol. The molecule has 6 rings (SSSR count). The van der Waals surface area contributed by atoms with E-state index in [2.05, 4.69) is 9.29 Å². The fourth-order valence-electron chi connectivity index (χ4n) is 6.69. The van der Waals surface area contributed by atoms with Gasteiger partial charge in [0.15, 0.2) is 0 Å². The van der Waals surface area contributed by atoms with Gasteiger partial charge in [-0.25, -0.2) is 4.72 Å². The van der Waals surface area contributed by atoms with Gasteiger partial charge in [0.25, 0.3) is 5.91 Å². The summed E-state index contributed by atoms with van der Waals surface area (Å²) in [6.45, 7) is 0.281. The second-order valence-corrected chi connectivity index (χ2v) is 13.2. The molecule has 2 aromatic carbocycles. The van der Waals surface area contributed by atoms with E-state index in [1.807, 2.05) is 24.3 Å². The molecule has 10 heteroatoms. The molecule has 2 aliphatic carbocycles. The van der Waals surface area contributed by atoms with Crippen molar-refractivity contribution in [1.82, 2.24) is 13.6 Å². The number of carbonyl (C=O) groups excluding carboxylic acids is 1. The second kappa shape index (κ2) is 9.09. The van der Waals surface area contributed by atoms with E-state index in [-0.39, 0.29) is 18.0 Å². The first kappa shape index (κ1) is 25.9. The number of rotatable bonds is 6. The number of carbonyl (C=O) groups is 2. The number of nitrogens with zero attached hydrogens (tertiary/aromatic N) is 2. The van der Waals surface area contributed by atoms with Crippen LogP contribution in [-0.4, -0.2) is 55.5 Å². The predicted molar refractivity (Wildman–Crippen MR) is 147 cm³/mol. The summed E-state index contributed by atoms with van der Waals surface area (Å²) in [6, 6.07) is 11.2. The average molecular weight is 552 g/mol. The normalized spacial score (nSPS) is 22.5. The zero-order valence-corrected chi connectivity index (χ0v) is 23.2. The van der Waals surface area contributed by atoms with Gasteiger partial charge >= 0.3 is 16.2 Å². The highest BCUT2D eigenvalue weighted by Gasteiger charge is 2.63. The van der Waals surface area contributed by atoms with Crippen molar-refractivity contribution >= 4 is 33.0 Å². The molecule has 1 amide bonds. The molecule has 0 spiro atoms. The molecule has 2 heterocycles. The van der Waals surface area contributed by atoms with Crippen LogP contribution in [-0.2, 0) is 21.5 Å². The van der Waals surface area contributed by atoms with E-state index in [1.54, 1.807) is 19.2 Å². The van der Waals surface area contributed by atoms with Gasteiger partial charge in [0.05, 0.1) is 18.2 Å². The highest BCUT2D eigenvalue weighted by molar-refractivity contribution is 7.87. The Morgan fingerprint density at radius 3 is 2.51 bits per heavy atom. The van der Waals surface area contributed by atoms with Gasteiger partial charge < -0.3 is 14.4 Å². The van der Waals surface area contributed by atoms with Crippen molar-refractivity contribution in [1.29, 1.82) is 0 Å². The first-order chi connectivity index (χ1) is 18.6. The van der Waals surface area contributed by atoms with Crippen LogP contribution >= 0.6 is 0 Å². The van der Waals surface area contributed by atoms with Crippen molar-refractivity contribution in [3.8, 4) is 17.0 Å². The number of aromatic nitrogens is 1. The van der Waals surface area contributed by atoms with Gasteiger partial charge in [0.1, 0.15) is 5.75 Å². The third kappa shape index (κ3) is 4.03. The Labute approximate surface area is 227 Å². The summed E-state index contributed by atoms with van der Waals surface area (Å²) in [5.41, 5.74) is 4.24. The van der Waals surface area contributed by atoms with Crippen LogP contribution in [0.1, 0.15) is 71.8 Å². The Bertz CT molecular complexity index is 1620. The summed E-state index contributed by atoms with van der Waals surface area (Å²) < 4.78 is 35.3. The maximum Gasteiger partial charge on any atom is 0.312 e. The second-order valence-electron chi connectivity index (χ2n) is 11.3. The molecular weight excluding hydrogens is 518 g/mol. The van der Waals surface area contributed by atoms with E-state index in [0.717, 1.165) is 57.7 Å². The lowest BCUT2D eigenvalue weighted by Crippen LogP contribution is -2.39. The lowest BCUT2D eigenvalue weighted by molar-refractivity contribution is -0.144. The van der Waals surface area contributed by atoms with E-state index in [9.17, 15) is 23.1 Å². The largest absolute Gasteiger partial charge is 0.497 e. The van der Waals surface area contributed by atoms with E-state index in [1.165, 1.54) is 26.1 Å². The molecule has 1 aromatic heterocycles. The molecule has 2 fully saturated rings. The molecule has 2 atom stereocenters. The van der Waals surface area contributed by atoms with E-state index in [4.69, 9.17) is 4.74 Å². The van der Waals surface area contributed by atoms with Gasteiger partial charge in [-0.15, -0.1) is 0 Å². The number of nitrogens with one attached hydrogen (secondary N) is 1. The smallest absolute Gasteiger partial charge is 0.312 e. The van der Waals surface area contributed by atoms with Crippen molar-refractivity contribution < 1.29 is 27.9 Å². The van der Waals surface area contributed by atoms with Gasteiger partial charge in [-0.1, -0.05) is 25.3 Å². The molecule has 206 valence electrons. The number of aliphatic carboxylic acids is 1. The van der Waals surface area contributed by atoms with E-state index < -0.39 is 27.5 Å². The minimum absolute atomic E-state index is 0.133. The van der Waals surface area contributed by atoms with Crippen molar-refractivity contribution in [2.45, 2.75) is 56.9 Å². The molecule has 0 radical (unpaired) electrons. The standard InChI is InChI=1S/C29H33N3O6S/c1-31(2)39(36,37)30-27(33)18-9-11-21-24(13-18)32-16-29(28(34)35)15-23(29)22-14-19(38-3)10-12-20(22)26(32)25(21)17-7-5-4-6-8-17/h9-14,17,23H,4-8,15-16H2,1-3H3,(H,30,33)(H,34,35)/t23-,29-/m0/s1. The minimum atomic E-state index is -3.97. The van der Waals surface area contributed by atoms with Crippen LogP contribution < -0.4 is 9.46 Å². The molecule has 39 heavy (non-hydrogen) atoms.